The molecule has 1 heterocycles. The van der Waals surface area contributed by atoms with Gasteiger partial charge in [0.2, 0.25) is 0 Å². The highest BCUT2D eigenvalue weighted by atomic mass is 35.5. The zero-order valence-corrected chi connectivity index (χ0v) is 10.5. The van der Waals surface area contributed by atoms with Crippen LogP contribution >= 0.6 is 35.0 Å². The minimum Gasteiger partial charge on any atom is -0.399 e. The van der Waals surface area contributed by atoms with Crippen LogP contribution < -0.4 is 5.73 Å². The number of benzene rings is 1. The molecule has 0 spiro atoms. The van der Waals surface area contributed by atoms with E-state index in [1.807, 2.05) is 18.2 Å². The van der Waals surface area contributed by atoms with Gasteiger partial charge < -0.3 is 10.7 Å². The molecule has 0 saturated carbocycles. The lowest BCUT2D eigenvalue weighted by Gasteiger charge is -1.93. The van der Waals surface area contributed by atoms with Crippen molar-refractivity contribution in [3.05, 3.63) is 28.8 Å². The number of fused-ring (bicyclic) bond motifs is 1. The predicted molar refractivity (Wildman–Crippen MR) is 71.0 cm³/mol. The molecule has 0 aliphatic heterocycles. The van der Waals surface area contributed by atoms with E-state index < -0.39 is 0 Å². The maximum Gasteiger partial charge on any atom is 0.166 e. The average molecular weight is 274 g/mol. The lowest BCUT2D eigenvalue weighted by atomic mass is 10.3. The fraction of sp³-hybridized carbons (Fsp3) is 0.100. The molecule has 0 amide bonds. The van der Waals surface area contributed by atoms with Gasteiger partial charge in [0.1, 0.15) is 0 Å². The van der Waals surface area contributed by atoms with Gasteiger partial charge in [-0.05, 0) is 18.2 Å². The lowest BCUT2D eigenvalue weighted by Crippen LogP contribution is -1.82. The van der Waals surface area contributed by atoms with E-state index in [9.17, 15) is 0 Å². The molecule has 0 aliphatic carbocycles. The van der Waals surface area contributed by atoms with Crippen LogP contribution in [-0.4, -0.2) is 15.7 Å². The molecule has 0 aliphatic rings. The van der Waals surface area contributed by atoms with Crippen molar-refractivity contribution in [3.8, 4) is 0 Å². The quantitative estimate of drug-likeness (QED) is 0.664. The fourth-order valence-electron chi connectivity index (χ4n) is 1.24. The summed E-state index contributed by atoms with van der Waals surface area (Å²) < 4.78 is 0. The number of hydrogen-bond acceptors (Lipinski definition) is 3. The van der Waals surface area contributed by atoms with E-state index in [1.54, 1.807) is 0 Å². The van der Waals surface area contributed by atoms with Gasteiger partial charge in [-0.2, -0.15) is 0 Å². The summed E-state index contributed by atoms with van der Waals surface area (Å²) in [6, 6.07) is 5.55. The highest BCUT2D eigenvalue weighted by molar-refractivity contribution is 7.99. The van der Waals surface area contributed by atoms with Crippen LogP contribution in [0.25, 0.3) is 11.0 Å². The smallest absolute Gasteiger partial charge is 0.166 e. The fourth-order valence-corrected chi connectivity index (χ4v) is 2.28. The molecule has 0 fully saturated rings. The Morgan fingerprint density at radius 2 is 2.38 bits per heavy atom. The number of rotatable bonds is 3. The zero-order valence-electron chi connectivity index (χ0n) is 8.21. The van der Waals surface area contributed by atoms with E-state index in [0.717, 1.165) is 16.2 Å². The SMILES string of the molecule is Nc1ccc2nc(SC/C(Cl)=C/Cl)[nH]c2c1. The first-order chi connectivity index (χ1) is 7.69. The van der Waals surface area contributed by atoms with Crippen molar-refractivity contribution in [1.29, 1.82) is 0 Å². The van der Waals surface area contributed by atoms with Gasteiger partial charge in [0, 0.05) is 22.0 Å². The number of nitrogen functional groups attached to an aromatic ring is 1. The van der Waals surface area contributed by atoms with Gasteiger partial charge in [0.25, 0.3) is 0 Å². The van der Waals surface area contributed by atoms with E-state index in [4.69, 9.17) is 28.9 Å². The Hall–Kier alpha value is -0.840. The Morgan fingerprint density at radius 1 is 1.56 bits per heavy atom. The van der Waals surface area contributed by atoms with Crippen molar-refractivity contribution in [2.75, 3.05) is 11.5 Å². The number of aromatic amines is 1. The minimum atomic E-state index is 0.589. The average Bonchev–Trinajstić information content (AvgIpc) is 2.67. The van der Waals surface area contributed by atoms with Crippen molar-refractivity contribution in [3.63, 3.8) is 0 Å². The van der Waals surface area contributed by atoms with Crippen LogP contribution in [0.5, 0.6) is 0 Å². The summed E-state index contributed by atoms with van der Waals surface area (Å²) in [7, 11) is 0. The first-order valence-electron chi connectivity index (χ1n) is 4.52. The summed E-state index contributed by atoms with van der Waals surface area (Å²) in [5.41, 5.74) is 9.56. The highest BCUT2D eigenvalue weighted by Crippen LogP contribution is 2.23. The number of H-pyrrole nitrogens is 1. The van der Waals surface area contributed by atoms with Gasteiger partial charge in [-0.25, -0.2) is 4.98 Å². The first-order valence-corrected chi connectivity index (χ1v) is 6.32. The minimum absolute atomic E-state index is 0.589. The van der Waals surface area contributed by atoms with Crippen molar-refractivity contribution in [1.82, 2.24) is 9.97 Å². The maximum atomic E-state index is 5.79. The molecule has 16 heavy (non-hydrogen) atoms. The Kier molecular flexibility index (Phi) is 3.63. The van der Waals surface area contributed by atoms with Crippen LogP contribution in [0, 0.1) is 0 Å². The summed E-state index contributed by atoms with van der Waals surface area (Å²) in [6.45, 7) is 0. The molecule has 0 atom stereocenters. The second kappa shape index (κ2) is 4.99. The number of anilines is 1. The third-order valence-corrected chi connectivity index (χ3v) is 3.65. The van der Waals surface area contributed by atoms with Gasteiger partial charge >= 0.3 is 0 Å². The molecule has 0 saturated heterocycles. The lowest BCUT2D eigenvalue weighted by molar-refractivity contribution is 1.08. The number of nitrogens with zero attached hydrogens (tertiary/aromatic N) is 1. The molecule has 0 radical (unpaired) electrons. The summed E-state index contributed by atoms with van der Waals surface area (Å²) in [4.78, 5) is 7.54. The number of aromatic nitrogens is 2. The largest absolute Gasteiger partial charge is 0.399 e. The van der Waals surface area contributed by atoms with Crippen molar-refractivity contribution in [2.45, 2.75) is 5.16 Å². The molecule has 3 N–H and O–H groups in total. The van der Waals surface area contributed by atoms with Crippen molar-refractivity contribution < 1.29 is 0 Å². The molecule has 2 aromatic rings. The molecule has 6 heteroatoms. The number of nitrogens with one attached hydrogen (secondary N) is 1. The summed E-state index contributed by atoms with van der Waals surface area (Å²) in [6.07, 6.45) is 0. The monoisotopic (exact) mass is 273 g/mol. The van der Waals surface area contributed by atoms with Crippen LogP contribution in [0.4, 0.5) is 5.69 Å². The topological polar surface area (TPSA) is 54.7 Å². The standard InChI is InChI=1S/C10H9Cl2N3S/c11-4-6(12)5-16-10-14-8-2-1-7(13)3-9(8)15-10/h1-4H,5,13H2,(H,14,15)/b6-4-. The van der Waals surface area contributed by atoms with Gasteiger partial charge in [-0.1, -0.05) is 35.0 Å². The molecule has 2 rings (SSSR count). The molecule has 1 aromatic heterocycles. The third-order valence-electron chi connectivity index (χ3n) is 1.95. The van der Waals surface area contributed by atoms with Gasteiger partial charge in [0.05, 0.1) is 11.0 Å². The number of imidazole rings is 1. The highest BCUT2D eigenvalue weighted by Gasteiger charge is 2.04. The second-order valence-corrected chi connectivity index (χ2v) is 4.83. The van der Waals surface area contributed by atoms with Crippen LogP contribution in [0.2, 0.25) is 0 Å². The molecular weight excluding hydrogens is 265 g/mol. The van der Waals surface area contributed by atoms with Gasteiger partial charge in [-0.3, -0.25) is 0 Å². The normalized spacial score (nSPS) is 12.2. The van der Waals surface area contributed by atoms with E-state index >= 15 is 0 Å². The number of hydrogen-bond donors (Lipinski definition) is 2. The maximum absolute atomic E-state index is 5.79. The van der Waals surface area contributed by atoms with E-state index in [2.05, 4.69) is 9.97 Å². The molecule has 0 unspecified atom stereocenters. The summed E-state index contributed by atoms with van der Waals surface area (Å²) >= 11 is 12.7. The molecular formula is C10H9Cl2N3S. The van der Waals surface area contributed by atoms with Crippen LogP contribution in [0.3, 0.4) is 0 Å². The number of nitrogens with two attached hydrogens (primary N) is 1. The Bertz CT molecular complexity index is 536. The number of halogens is 2. The Morgan fingerprint density at radius 3 is 3.12 bits per heavy atom. The Balaban J connectivity index is 2.20. The summed E-state index contributed by atoms with van der Waals surface area (Å²) in [5, 5.41) is 1.39. The van der Waals surface area contributed by atoms with Crippen molar-refractivity contribution >= 4 is 51.7 Å². The Labute approximate surface area is 107 Å². The molecule has 3 nitrogen and oxygen atoms in total. The first kappa shape index (κ1) is 11.6. The molecule has 84 valence electrons. The van der Waals surface area contributed by atoms with Gasteiger partial charge in [0.15, 0.2) is 5.16 Å². The van der Waals surface area contributed by atoms with E-state index in [-0.39, 0.29) is 0 Å². The molecule has 1 aromatic carbocycles. The van der Waals surface area contributed by atoms with Crippen LogP contribution in [0.15, 0.2) is 33.9 Å². The van der Waals surface area contributed by atoms with Crippen LogP contribution in [0.1, 0.15) is 0 Å². The van der Waals surface area contributed by atoms with E-state index in [1.165, 1.54) is 17.3 Å². The summed E-state index contributed by atoms with van der Waals surface area (Å²) in [5.74, 6) is 0.598. The third kappa shape index (κ3) is 2.64. The van der Waals surface area contributed by atoms with Gasteiger partial charge in [-0.15, -0.1) is 0 Å². The zero-order chi connectivity index (χ0) is 11.5. The number of thioether (sulfide) groups is 1. The van der Waals surface area contributed by atoms with Crippen LogP contribution in [-0.2, 0) is 0 Å². The predicted octanol–water partition coefficient (Wildman–Crippen LogP) is 3.56. The van der Waals surface area contributed by atoms with E-state index in [0.29, 0.717) is 16.5 Å². The van der Waals surface area contributed by atoms with Crippen molar-refractivity contribution in [2.24, 2.45) is 0 Å². The second-order valence-electron chi connectivity index (χ2n) is 3.16. The molecule has 0 bridgehead atoms.